The van der Waals surface area contributed by atoms with Crippen LogP contribution in [-0.2, 0) is 28.7 Å². The van der Waals surface area contributed by atoms with Crippen LogP contribution in [0.3, 0.4) is 0 Å². The molecule has 0 aromatic carbocycles. The Labute approximate surface area is 305 Å². The van der Waals surface area contributed by atoms with E-state index in [1.807, 2.05) is 0 Å². The summed E-state index contributed by atoms with van der Waals surface area (Å²) in [4.78, 5) is 42.9. The highest BCUT2D eigenvalue weighted by atomic mass is 16.6. The minimum atomic E-state index is -1.26. The Morgan fingerprint density at radius 3 is 0.940 bits per heavy atom. The molecule has 0 aliphatic carbocycles. The molecule has 0 radical (unpaired) electrons. The fraction of sp³-hybridized carbons (Fsp3) is 0.762. The molecule has 0 aliphatic rings. The van der Waals surface area contributed by atoms with Crippen LogP contribution in [0, 0.1) is 0 Å². The van der Waals surface area contributed by atoms with Crippen LogP contribution >= 0.6 is 0 Å². The third-order valence-corrected chi connectivity index (χ3v) is 8.26. The molecule has 0 saturated carbocycles. The molecule has 50 heavy (non-hydrogen) atoms. The fourth-order valence-corrected chi connectivity index (χ4v) is 5.28. The molecule has 0 atom stereocenters. The van der Waals surface area contributed by atoms with Crippen molar-refractivity contribution < 1.29 is 38.9 Å². The molecule has 0 rings (SSSR count). The molecule has 2 N–H and O–H groups in total. The fourth-order valence-electron chi connectivity index (χ4n) is 5.28. The SMILES string of the molecule is CCCCCCCC/C=C\CCCCCCCC(=O)OCCOC(=O)CCCCCCC/C=C\CCCCCCCC.O=C(O)/C=C\C(=O)O. The lowest BCUT2D eigenvalue weighted by Gasteiger charge is -2.07. The number of hydrogen-bond donors (Lipinski definition) is 2. The quantitative estimate of drug-likeness (QED) is 0.0288. The lowest BCUT2D eigenvalue weighted by Crippen LogP contribution is -2.13. The summed E-state index contributed by atoms with van der Waals surface area (Å²) >= 11 is 0. The third kappa shape index (κ3) is 47.2. The van der Waals surface area contributed by atoms with Crippen LogP contribution in [0.2, 0.25) is 0 Å². The van der Waals surface area contributed by atoms with Crippen molar-refractivity contribution in [2.24, 2.45) is 0 Å². The number of allylic oxidation sites excluding steroid dienone is 4. The predicted octanol–water partition coefficient (Wildman–Crippen LogP) is 11.9. The van der Waals surface area contributed by atoms with Crippen LogP contribution < -0.4 is 0 Å². The van der Waals surface area contributed by atoms with Crippen molar-refractivity contribution in [3.63, 3.8) is 0 Å². The Bertz CT molecular complexity index is 807. The highest BCUT2D eigenvalue weighted by Gasteiger charge is 2.06. The molecular weight excluding hydrogens is 632 g/mol. The minimum absolute atomic E-state index is 0.169. The highest BCUT2D eigenvalue weighted by Crippen LogP contribution is 2.12. The number of aliphatic carboxylic acids is 2. The molecular formula is C42H74O8. The van der Waals surface area contributed by atoms with E-state index in [-0.39, 0.29) is 25.2 Å². The predicted molar refractivity (Wildman–Crippen MR) is 205 cm³/mol. The molecule has 0 spiro atoms. The van der Waals surface area contributed by atoms with E-state index in [0.717, 1.165) is 25.7 Å². The highest BCUT2D eigenvalue weighted by molar-refractivity contribution is 5.89. The summed E-state index contributed by atoms with van der Waals surface area (Å²) in [6.45, 7) is 4.87. The number of unbranched alkanes of at least 4 members (excludes halogenated alkanes) is 22. The number of ether oxygens (including phenoxy) is 2. The van der Waals surface area contributed by atoms with Gasteiger partial charge in [0.2, 0.25) is 0 Å². The van der Waals surface area contributed by atoms with Gasteiger partial charge in [-0.15, -0.1) is 0 Å². The van der Waals surface area contributed by atoms with Crippen molar-refractivity contribution in [3.05, 3.63) is 36.5 Å². The van der Waals surface area contributed by atoms with Gasteiger partial charge in [0.15, 0.2) is 0 Å². The van der Waals surface area contributed by atoms with Crippen molar-refractivity contribution in [2.75, 3.05) is 13.2 Å². The Balaban J connectivity index is 0. The molecule has 0 fully saturated rings. The van der Waals surface area contributed by atoms with E-state index in [9.17, 15) is 19.2 Å². The normalized spacial score (nSPS) is 11.2. The number of hydrogen-bond acceptors (Lipinski definition) is 6. The van der Waals surface area contributed by atoms with Crippen molar-refractivity contribution in [1.82, 2.24) is 0 Å². The second kappa shape index (κ2) is 42.3. The van der Waals surface area contributed by atoms with Gasteiger partial charge in [-0.3, -0.25) is 9.59 Å². The lowest BCUT2D eigenvalue weighted by molar-refractivity contribution is -0.152. The number of rotatable bonds is 35. The van der Waals surface area contributed by atoms with Gasteiger partial charge in [-0.1, -0.05) is 141 Å². The van der Waals surface area contributed by atoms with E-state index in [1.165, 1.54) is 141 Å². The molecule has 8 nitrogen and oxygen atoms in total. The van der Waals surface area contributed by atoms with Gasteiger partial charge in [-0.05, 0) is 64.2 Å². The Hall–Kier alpha value is -2.90. The Morgan fingerprint density at radius 2 is 0.660 bits per heavy atom. The van der Waals surface area contributed by atoms with Crippen LogP contribution in [0.5, 0.6) is 0 Å². The van der Waals surface area contributed by atoms with Crippen LogP contribution in [-0.4, -0.2) is 47.3 Å². The zero-order valence-corrected chi connectivity index (χ0v) is 32.0. The van der Waals surface area contributed by atoms with Gasteiger partial charge in [0.05, 0.1) is 0 Å². The first-order chi connectivity index (χ1) is 24.3. The maximum atomic E-state index is 11.9. The third-order valence-electron chi connectivity index (χ3n) is 8.26. The van der Waals surface area contributed by atoms with Crippen molar-refractivity contribution in [1.29, 1.82) is 0 Å². The van der Waals surface area contributed by atoms with Gasteiger partial charge in [-0.25, -0.2) is 9.59 Å². The standard InChI is InChI=1S/C38H70O4.C4H4O4/c1-3-5-7-9-11-13-15-17-19-21-23-25-27-29-31-33-37(39)41-35-36-42-38(40)34-32-30-28-26-24-22-20-18-16-14-12-10-8-6-4-2;5-3(6)1-2-4(7)8/h17-20H,3-16,21-36H2,1-2H3;1-2H,(H,5,6)(H,7,8)/b19-17-,20-18-;2-1-. The molecule has 0 aromatic heterocycles. The molecule has 0 bridgehead atoms. The van der Waals surface area contributed by atoms with Gasteiger partial charge < -0.3 is 19.7 Å². The number of carbonyl (C=O) groups excluding carboxylic acids is 2. The van der Waals surface area contributed by atoms with E-state index < -0.39 is 11.9 Å². The summed E-state index contributed by atoms with van der Waals surface area (Å²) in [6, 6.07) is 0. The lowest BCUT2D eigenvalue weighted by atomic mass is 10.1. The van der Waals surface area contributed by atoms with Gasteiger partial charge in [-0.2, -0.15) is 0 Å². The first-order valence-electron chi connectivity index (χ1n) is 20.1. The summed E-state index contributed by atoms with van der Waals surface area (Å²) in [6.07, 6.45) is 43.8. The second-order valence-corrected chi connectivity index (χ2v) is 13.1. The first-order valence-corrected chi connectivity index (χ1v) is 20.1. The average molecular weight is 707 g/mol. The van der Waals surface area contributed by atoms with E-state index in [0.29, 0.717) is 25.0 Å². The summed E-state index contributed by atoms with van der Waals surface area (Å²) in [5, 5.41) is 15.6. The number of esters is 2. The zero-order valence-electron chi connectivity index (χ0n) is 32.0. The molecule has 0 aromatic rings. The molecule has 0 saturated heterocycles. The molecule has 0 aliphatic heterocycles. The number of carboxylic acids is 2. The van der Waals surface area contributed by atoms with E-state index in [4.69, 9.17) is 19.7 Å². The largest absolute Gasteiger partial charge is 0.478 e. The van der Waals surface area contributed by atoms with Crippen molar-refractivity contribution in [2.45, 2.75) is 194 Å². The maximum Gasteiger partial charge on any atom is 0.328 e. The van der Waals surface area contributed by atoms with Gasteiger partial charge in [0.25, 0.3) is 0 Å². The van der Waals surface area contributed by atoms with Crippen molar-refractivity contribution >= 4 is 23.9 Å². The van der Waals surface area contributed by atoms with Gasteiger partial charge in [0.1, 0.15) is 13.2 Å². The first kappa shape index (κ1) is 49.2. The van der Waals surface area contributed by atoms with E-state index in [2.05, 4.69) is 38.2 Å². The molecule has 0 amide bonds. The number of carbonyl (C=O) groups is 4. The monoisotopic (exact) mass is 707 g/mol. The average Bonchev–Trinajstić information content (AvgIpc) is 3.09. The Kier molecular flexibility index (Phi) is 41.6. The van der Waals surface area contributed by atoms with E-state index in [1.54, 1.807) is 0 Å². The van der Waals surface area contributed by atoms with Crippen LogP contribution in [0.4, 0.5) is 0 Å². The van der Waals surface area contributed by atoms with Crippen molar-refractivity contribution in [3.8, 4) is 0 Å². The smallest absolute Gasteiger partial charge is 0.328 e. The zero-order chi connectivity index (χ0) is 37.2. The van der Waals surface area contributed by atoms with Gasteiger partial charge in [0, 0.05) is 25.0 Å². The van der Waals surface area contributed by atoms with Crippen LogP contribution in [0.25, 0.3) is 0 Å². The molecule has 0 heterocycles. The maximum absolute atomic E-state index is 11.9. The van der Waals surface area contributed by atoms with Crippen LogP contribution in [0.15, 0.2) is 36.5 Å². The minimum Gasteiger partial charge on any atom is -0.478 e. The summed E-state index contributed by atoms with van der Waals surface area (Å²) in [5.41, 5.74) is 0. The van der Waals surface area contributed by atoms with Gasteiger partial charge >= 0.3 is 23.9 Å². The summed E-state index contributed by atoms with van der Waals surface area (Å²) < 4.78 is 10.4. The van der Waals surface area contributed by atoms with E-state index >= 15 is 0 Å². The molecule has 0 unspecified atom stereocenters. The number of carboxylic acid groups (broad SMARTS) is 2. The molecule has 8 heteroatoms. The Morgan fingerprint density at radius 1 is 0.400 bits per heavy atom. The summed E-state index contributed by atoms with van der Waals surface area (Å²) in [5.74, 6) is -2.87. The molecule has 290 valence electrons. The topological polar surface area (TPSA) is 127 Å². The summed E-state index contributed by atoms with van der Waals surface area (Å²) in [7, 11) is 0. The second-order valence-electron chi connectivity index (χ2n) is 13.1. The van der Waals surface area contributed by atoms with Crippen LogP contribution in [0.1, 0.15) is 194 Å².